The van der Waals surface area contributed by atoms with E-state index in [4.69, 9.17) is 0 Å². The minimum absolute atomic E-state index is 0.155. The summed E-state index contributed by atoms with van der Waals surface area (Å²) >= 11 is 3.08. The van der Waals surface area contributed by atoms with Crippen LogP contribution in [0.15, 0.2) is 22.7 Å². The van der Waals surface area contributed by atoms with Crippen LogP contribution < -0.4 is 0 Å². The summed E-state index contributed by atoms with van der Waals surface area (Å²) in [5.74, 6) is -0.217. The van der Waals surface area contributed by atoms with Gasteiger partial charge in [-0.3, -0.25) is 0 Å². The highest BCUT2D eigenvalue weighted by Gasteiger charge is 2.34. The summed E-state index contributed by atoms with van der Waals surface area (Å²) in [6, 6.07) is 4.45. The lowest BCUT2D eigenvalue weighted by atomic mass is 10.0. The highest BCUT2D eigenvalue weighted by Crippen LogP contribution is 2.25. The first-order chi connectivity index (χ1) is 8.90. The fourth-order valence-corrected chi connectivity index (χ4v) is 4.89. The maximum absolute atomic E-state index is 13.1. The Kier molecular flexibility index (Phi) is 4.63. The molecular weight excluding hydrogens is 335 g/mol. The predicted molar refractivity (Wildman–Crippen MR) is 75.2 cm³/mol. The van der Waals surface area contributed by atoms with Crippen molar-refractivity contribution in [2.45, 2.75) is 37.0 Å². The van der Waals surface area contributed by atoms with Crippen LogP contribution in [0.5, 0.6) is 0 Å². The van der Waals surface area contributed by atoms with Gasteiger partial charge in [0.25, 0.3) is 0 Å². The zero-order valence-electron chi connectivity index (χ0n) is 10.4. The summed E-state index contributed by atoms with van der Waals surface area (Å²) in [5, 5.41) is 9.45. The molecule has 0 aliphatic carbocycles. The van der Waals surface area contributed by atoms with Crippen LogP contribution in [-0.2, 0) is 16.3 Å². The fraction of sp³-hybridized carbons (Fsp3) is 0.538. The van der Waals surface area contributed by atoms with Crippen molar-refractivity contribution < 1.29 is 17.9 Å². The SMILES string of the molecule is O=S1(=O)CCCCC1C(O)Cc1ccc(F)c(Br)c1. The molecule has 0 saturated carbocycles. The third-order valence-electron chi connectivity index (χ3n) is 3.49. The van der Waals surface area contributed by atoms with Crippen molar-refractivity contribution in [2.24, 2.45) is 0 Å². The first-order valence-electron chi connectivity index (χ1n) is 6.24. The van der Waals surface area contributed by atoms with Crippen molar-refractivity contribution in [3.63, 3.8) is 0 Å². The molecule has 1 fully saturated rings. The second-order valence-corrected chi connectivity index (χ2v) is 8.11. The van der Waals surface area contributed by atoms with Gasteiger partial charge < -0.3 is 5.11 Å². The fourth-order valence-electron chi connectivity index (χ4n) is 2.45. The molecule has 106 valence electrons. The Morgan fingerprint density at radius 1 is 1.42 bits per heavy atom. The zero-order chi connectivity index (χ0) is 14.0. The molecule has 1 saturated heterocycles. The normalized spacial score (nSPS) is 24.1. The molecule has 0 bridgehead atoms. The Morgan fingerprint density at radius 2 is 2.16 bits per heavy atom. The van der Waals surface area contributed by atoms with Crippen LogP contribution in [0.3, 0.4) is 0 Å². The van der Waals surface area contributed by atoms with E-state index in [1.807, 2.05) is 0 Å². The van der Waals surface area contributed by atoms with Gasteiger partial charge in [-0.15, -0.1) is 0 Å². The van der Waals surface area contributed by atoms with Gasteiger partial charge >= 0.3 is 0 Å². The lowest BCUT2D eigenvalue weighted by Crippen LogP contribution is -2.39. The molecule has 0 radical (unpaired) electrons. The van der Waals surface area contributed by atoms with Crippen LogP contribution in [0.2, 0.25) is 0 Å². The maximum atomic E-state index is 13.1. The topological polar surface area (TPSA) is 54.4 Å². The largest absolute Gasteiger partial charge is 0.391 e. The van der Waals surface area contributed by atoms with E-state index >= 15 is 0 Å². The molecular formula is C13H16BrFO3S. The number of benzene rings is 1. The van der Waals surface area contributed by atoms with E-state index < -0.39 is 21.2 Å². The number of hydrogen-bond donors (Lipinski definition) is 1. The molecule has 6 heteroatoms. The number of aliphatic hydroxyl groups excluding tert-OH is 1. The minimum atomic E-state index is -3.20. The van der Waals surface area contributed by atoms with E-state index in [1.54, 1.807) is 12.1 Å². The second-order valence-electron chi connectivity index (χ2n) is 4.92. The Hall–Kier alpha value is -0.460. The van der Waals surface area contributed by atoms with Crippen molar-refractivity contribution in [3.05, 3.63) is 34.1 Å². The lowest BCUT2D eigenvalue weighted by molar-refractivity contribution is 0.162. The minimum Gasteiger partial charge on any atom is -0.391 e. The second kappa shape index (κ2) is 5.89. The van der Waals surface area contributed by atoms with Crippen LogP contribution in [0, 0.1) is 5.82 Å². The molecule has 0 aromatic heterocycles. The van der Waals surface area contributed by atoms with Crippen LogP contribution >= 0.6 is 15.9 Å². The Bertz CT molecular complexity index is 559. The molecule has 1 aromatic rings. The molecule has 2 rings (SSSR count). The van der Waals surface area contributed by atoms with Gasteiger partial charge in [-0.2, -0.15) is 0 Å². The van der Waals surface area contributed by atoms with Crippen LogP contribution in [0.1, 0.15) is 24.8 Å². The highest BCUT2D eigenvalue weighted by molar-refractivity contribution is 9.10. The van der Waals surface area contributed by atoms with E-state index in [9.17, 15) is 17.9 Å². The number of aliphatic hydroxyl groups is 1. The first kappa shape index (κ1) is 14.9. The lowest BCUT2D eigenvalue weighted by Gasteiger charge is -2.26. The molecule has 1 aliphatic rings. The molecule has 1 heterocycles. The smallest absolute Gasteiger partial charge is 0.155 e. The monoisotopic (exact) mass is 350 g/mol. The molecule has 3 nitrogen and oxygen atoms in total. The van der Waals surface area contributed by atoms with E-state index in [1.165, 1.54) is 6.07 Å². The van der Waals surface area contributed by atoms with Gasteiger partial charge in [0, 0.05) is 0 Å². The van der Waals surface area contributed by atoms with Crippen LogP contribution in [0.25, 0.3) is 0 Å². The van der Waals surface area contributed by atoms with Crippen molar-refractivity contribution in [1.82, 2.24) is 0 Å². The molecule has 0 spiro atoms. The first-order valence-corrected chi connectivity index (χ1v) is 8.74. The third kappa shape index (κ3) is 3.55. The summed E-state index contributed by atoms with van der Waals surface area (Å²) in [5.41, 5.74) is 0.724. The number of sulfone groups is 1. The summed E-state index contributed by atoms with van der Waals surface area (Å²) in [7, 11) is -3.20. The van der Waals surface area contributed by atoms with E-state index in [0.717, 1.165) is 12.0 Å². The molecule has 1 aromatic carbocycles. The molecule has 1 N–H and O–H groups in total. The summed E-state index contributed by atoms with van der Waals surface area (Å²) < 4.78 is 37.2. The average Bonchev–Trinajstić information content (AvgIpc) is 2.33. The van der Waals surface area contributed by atoms with Crippen molar-refractivity contribution in [3.8, 4) is 0 Å². The Balaban J connectivity index is 2.11. The van der Waals surface area contributed by atoms with E-state index in [2.05, 4.69) is 15.9 Å². The maximum Gasteiger partial charge on any atom is 0.155 e. The number of halogens is 2. The molecule has 2 atom stereocenters. The Morgan fingerprint density at radius 3 is 2.79 bits per heavy atom. The van der Waals surface area contributed by atoms with Crippen LogP contribution in [-0.4, -0.2) is 30.6 Å². The van der Waals surface area contributed by atoms with Crippen molar-refractivity contribution in [2.75, 3.05) is 5.75 Å². The van der Waals surface area contributed by atoms with E-state index in [0.29, 0.717) is 17.3 Å². The van der Waals surface area contributed by atoms with Crippen molar-refractivity contribution in [1.29, 1.82) is 0 Å². The summed E-state index contributed by atoms with van der Waals surface area (Å²) in [4.78, 5) is 0. The van der Waals surface area contributed by atoms with Crippen molar-refractivity contribution >= 4 is 25.8 Å². The predicted octanol–water partition coefficient (Wildman–Crippen LogP) is 2.46. The Labute approximate surface area is 120 Å². The average molecular weight is 351 g/mol. The zero-order valence-corrected chi connectivity index (χ0v) is 12.8. The van der Waals surface area contributed by atoms with Gasteiger partial charge in [-0.25, -0.2) is 12.8 Å². The van der Waals surface area contributed by atoms with Gasteiger partial charge in [0.05, 0.1) is 21.6 Å². The number of rotatable bonds is 3. The van der Waals surface area contributed by atoms with Gasteiger partial charge in [0.2, 0.25) is 0 Å². The van der Waals surface area contributed by atoms with Crippen LogP contribution in [0.4, 0.5) is 4.39 Å². The summed E-state index contributed by atoms with van der Waals surface area (Å²) in [6.45, 7) is 0. The highest BCUT2D eigenvalue weighted by atomic mass is 79.9. The summed E-state index contributed by atoms with van der Waals surface area (Å²) in [6.07, 6.45) is 1.30. The third-order valence-corrected chi connectivity index (χ3v) is 6.42. The quantitative estimate of drug-likeness (QED) is 0.910. The van der Waals surface area contributed by atoms with Gasteiger partial charge in [0.1, 0.15) is 5.82 Å². The molecule has 1 aliphatic heterocycles. The van der Waals surface area contributed by atoms with E-state index in [-0.39, 0.29) is 18.0 Å². The molecule has 2 unspecified atom stereocenters. The molecule has 19 heavy (non-hydrogen) atoms. The number of hydrogen-bond acceptors (Lipinski definition) is 3. The standard InChI is InChI=1S/C13H16BrFO3S/c14-10-7-9(4-5-11(10)15)8-12(16)13-3-1-2-6-19(13,17)18/h4-5,7,12-13,16H,1-3,6,8H2. The molecule has 0 amide bonds. The van der Waals surface area contributed by atoms with Gasteiger partial charge in [0.15, 0.2) is 9.84 Å². The van der Waals surface area contributed by atoms with Gasteiger partial charge in [-0.1, -0.05) is 12.5 Å². The van der Waals surface area contributed by atoms with Gasteiger partial charge in [-0.05, 0) is 52.9 Å².